The summed E-state index contributed by atoms with van der Waals surface area (Å²) < 4.78 is 11.3. The number of benzene rings is 2. The molecule has 23 heavy (non-hydrogen) atoms. The molecule has 0 aliphatic carbocycles. The van der Waals surface area contributed by atoms with Gasteiger partial charge in [0.2, 0.25) is 0 Å². The van der Waals surface area contributed by atoms with E-state index in [-0.39, 0.29) is 5.78 Å². The van der Waals surface area contributed by atoms with E-state index < -0.39 is 0 Å². The third kappa shape index (κ3) is 3.77. The van der Waals surface area contributed by atoms with Crippen LogP contribution in [0.3, 0.4) is 0 Å². The van der Waals surface area contributed by atoms with Gasteiger partial charge in [-0.05, 0) is 30.2 Å². The van der Waals surface area contributed by atoms with Crippen LogP contribution in [0.25, 0.3) is 6.08 Å². The van der Waals surface area contributed by atoms with Crippen molar-refractivity contribution >= 4 is 23.6 Å². The molecule has 1 aliphatic rings. The van der Waals surface area contributed by atoms with E-state index >= 15 is 0 Å². The van der Waals surface area contributed by atoms with Crippen molar-refractivity contribution in [3.8, 4) is 11.5 Å². The molecule has 0 spiro atoms. The monoisotopic (exact) mass is 326 g/mol. The Kier molecular flexibility index (Phi) is 5.03. The van der Waals surface area contributed by atoms with Crippen LogP contribution < -0.4 is 9.47 Å². The maximum Gasteiger partial charge on any atom is 0.189 e. The van der Waals surface area contributed by atoms with Gasteiger partial charge >= 0.3 is 0 Å². The molecule has 0 radical (unpaired) electrons. The number of rotatable bonds is 6. The summed E-state index contributed by atoms with van der Waals surface area (Å²) in [6.45, 7) is 2.63. The first-order valence-electron chi connectivity index (χ1n) is 7.62. The Morgan fingerprint density at radius 3 is 2.91 bits per heavy atom. The van der Waals surface area contributed by atoms with Crippen LogP contribution in [-0.2, 0) is 0 Å². The van der Waals surface area contributed by atoms with E-state index in [1.165, 1.54) is 0 Å². The molecule has 0 amide bonds. The normalized spacial score (nSPS) is 12.9. The lowest BCUT2D eigenvalue weighted by atomic mass is 10.1. The van der Waals surface area contributed by atoms with Gasteiger partial charge in [0.05, 0.1) is 17.1 Å². The maximum absolute atomic E-state index is 12.6. The van der Waals surface area contributed by atoms with Gasteiger partial charge in [0.15, 0.2) is 5.78 Å². The molecular weight excluding hydrogens is 308 g/mol. The van der Waals surface area contributed by atoms with Crippen LogP contribution in [0.4, 0.5) is 0 Å². The minimum absolute atomic E-state index is 0.0803. The lowest BCUT2D eigenvalue weighted by Gasteiger charge is -2.10. The van der Waals surface area contributed by atoms with Crippen LogP contribution in [0.15, 0.2) is 53.4 Å². The quantitative estimate of drug-likeness (QED) is 0.563. The number of thioether (sulfide) groups is 1. The average molecular weight is 326 g/mol. The minimum atomic E-state index is -0.0803. The largest absolute Gasteiger partial charge is 0.493 e. The predicted molar refractivity (Wildman–Crippen MR) is 93.4 cm³/mol. The molecule has 3 nitrogen and oxygen atoms in total. The fourth-order valence-corrected chi connectivity index (χ4v) is 3.04. The Bertz CT molecular complexity index is 723. The number of hydrogen-bond donors (Lipinski definition) is 0. The third-order valence-electron chi connectivity index (χ3n) is 3.43. The zero-order valence-corrected chi connectivity index (χ0v) is 13.8. The summed E-state index contributed by atoms with van der Waals surface area (Å²) in [6.07, 6.45) is 4.29. The Hall–Kier alpha value is -2.20. The highest BCUT2D eigenvalue weighted by atomic mass is 32.2. The first-order valence-corrected chi connectivity index (χ1v) is 8.60. The SMILES string of the molecule is CCCOc1cc2c(cc1C(=O)C=Cc1ccccc1)OCS2. The Morgan fingerprint density at radius 1 is 1.30 bits per heavy atom. The molecule has 2 aromatic carbocycles. The number of hydrogen-bond acceptors (Lipinski definition) is 4. The summed E-state index contributed by atoms with van der Waals surface area (Å²) in [7, 11) is 0. The molecule has 2 aromatic rings. The molecular formula is C19H18O3S. The summed E-state index contributed by atoms with van der Waals surface area (Å²) in [5.41, 5.74) is 1.54. The van der Waals surface area contributed by atoms with Crippen LogP contribution in [0.1, 0.15) is 29.3 Å². The molecule has 118 valence electrons. The fraction of sp³-hybridized carbons (Fsp3) is 0.211. The number of ketones is 1. The van der Waals surface area contributed by atoms with E-state index in [1.807, 2.05) is 49.4 Å². The van der Waals surface area contributed by atoms with Gasteiger partial charge in [0.25, 0.3) is 0 Å². The topological polar surface area (TPSA) is 35.5 Å². The van der Waals surface area contributed by atoms with Crippen molar-refractivity contribution in [3.05, 3.63) is 59.7 Å². The molecule has 0 atom stereocenters. The van der Waals surface area contributed by atoms with Gasteiger partial charge in [-0.25, -0.2) is 0 Å². The molecule has 0 fully saturated rings. The lowest BCUT2D eigenvalue weighted by molar-refractivity contribution is 0.104. The Morgan fingerprint density at radius 2 is 2.13 bits per heavy atom. The minimum Gasteiger partial charge on any atom is -0.493 e. The van der Waals surface area contributed by atoms with Gasteiger partial charge in [-0.15, -0.1) is 0 Å². The number of carbonyl (C=O) groups excluding carboxylic acids is 1. The fourth-order valence-electron chi connectivity index (χ4n) is 2.27. The van der Waals surface area contributed by atoms with Gasteiger partial charge in [0.1, 0.15) is 17.4 Å². The third-order valence-corrected chi connectivity index (χ3v) is 4.29. The summed E-state index contributed by atoms with van der Waals surface area (Å²) in [5.74, 6) is 1.89. The lowest BCUT2D eigenvalue weighted by Crippen LogP contribution is -2.03. The molecule has 0 aromatic heterocycles. The summed E-state index contributed by atoms with van der Waals surface area (Å²) in [4.78, 5) is 13.6. The first-order chi connectivity index (χ1) is 11.3. The van der Waals surface area contributed by atoms with Crippen LogP contribution in [0.5, 0.6) is 11.5 Å². The number of fused-ring (bicyclic) bond motifs is 1. The Labute approximate surface area is 140 Å². The second-order valence-corrected chi connectivity index (χ2v) is 6.12. The molecule has 3 rings (SSSR count). The standard InChI is InChI=1S/C19H18O3S/c1-2-10-21-17-12-19-18(22-13-23-19)11-15(17)16(20)9-8-14-6-4-3-5-7-14/h3-9,11-12H,2,10,13H2,1H3. The summed E-state index contributed by atoms with van der Waals surface area (Å²) in [6, 6.07) is 13.5. The van der Waals surface area contributed by atoms with E-state index in [4.69, 9.17) is 9.47 Å². The second-order valence-electron chi connectivity index (χ2n) is 5.16. The van der Waals surface area contributed by atoms with E-state index in [1.54, 1.807) is 23.9 Å². The maximum atomic E-state index is 12.6. The molecule has 0 bridgehead atoms. The molecule has 0 N–H and O–H groups in total. The second kappa shape index (κ2) is 7.38. The van der Waals surface area contributed by atoms with E-state index in [0.717, 1.165) is 22.6 Å². The van der Waals surface area contributed by atoms with Gasteiger partial charge < -0.3 is 9.47 Å². The summed E-state index contributed by atoms with van der Waals surface area (Å²) in [5, 5.41) is 0. The van der Waals surface area contributed by atoms with Crippen LogP contribution in [0.2, 0.25) is 0 Å². The number of ether oxygens (including phenoxy) is 2. The van der Waals surface area contributed by atoms with Crippen molar-refractivity contribution in [2.75, 3.05) is 12.5 Å². The molecule has 0 saturated carbocycles. The molecule has 1 aliphatic heterocycles. The highest BCUT2D eigenvalue weighted by Crippen LogP contribution is 2.40. The van der Waals surface area contributed by atoms with Crippen LogP contribution >= 0.6 is 11.8 Å². The molecule has 4 heteroatoms. The van der Waals surface area contributed by atoms with Gasteiger partial charge in [-0.3, -0.25) is 4.79 Å². The number of carbonyl (C=O) groups is 1. The van der Waals surface area contributed by atoms with Crippen molar-refractivity contribution in [2.24, 2.45) is 0 Å². The van der Waals surface area contributed by atoms with Gasteiger partial charge in [-0.1, -0.05) is 55.1 Å². The highest BCUT2D eigenvalue weighted by molar-refractivity contribution is 7.99. The zero-order chi connectivity index (χ0) is 16.1. The molecule has 0 saturated heterocycles. The van der Waals surface area contributed by atoms with Crippen molar-refractivity contribution < 1.29 is 14.3 Å². The van der Waals surface area contributed by atoms with Crippen LogP contribution in [-0.4, -0.2) is 18.3 Å². The molecule has 0 unspecified atom stereocenters. The van der Waals surface area contributed by atoms with E-state index in [0.29, 0.717) is 23.9 Å². The van der Waals surface area contributed by atoms with E-state index in [9.17, 15) is 4.79 Å². The Balaban J connectivity index is 1.87. The van der Waals surface area contributed by atoms with Crippen molar-refractivity contribution in [1.82, 2.24) is 0 Å². The van der Waals surface area contributed by atoms with Crippen molar-refractivity contribution in [1.29, 1.82) is 0 Å². The first kappa shape index (κ1) is 15.7. The summed E-state index contributed by atoms with van der Waals surface area (Å²) >= 11 is 1.61. The highest BCUT2D eigenvalue weighted by Gasteiger charge is 2.20. The van der Waals surface area contributed by atoms with Crippen LogP contribution in [0, 0.1) is 0 Å². The van der Waals surface area contributed by atoms with Gasteiger partial charge in [-0.2, -0.15) is 0 Å². The van der Waals surface area contributed by atoms with Crippen molar-refractivity contribution in [2.45, 2.75) is 18.2 Å². The average Bonchev–Trinajstić information content (AvgIpc) is 3.05. The smallest absolute Gasteiger partial charge is 0.189 e. The zero-order valence-electron chi connectivity index (χ0n) is 13.0. The van der Waals surface area contributed by atoms with E-state index in [2.05, 4.69) is 0 Å². The van der Waals surface area contributed by atoms with Crippen molar-refractivity contribution in [3.63, 3.8) is 0 Å². The van der Waals surface area contributed by atoms with Gasteiger partial charge in [0, 0.05) is 0 Å². The molecule has 1 heterocycles. The number of allylic oxidation sites excluding steroid dienone is 1. The predicted octanol–water partition coefficient (Wildman–Crippen LogP) is 4.81.